The van der Waals surface area contributed by atoms with Crippen LogP contribution >= 0.6 is 11.3 Å². The minimum absolute atomic E-state index is 0.0197. The summed E-state index contributed by atoms with van der Waals surface area (Å²) < 4.78 is 5.25. The van der Waals surface area contributed by atoms with E-state index in [-0.39, 0.29) is 5.91 Å². The summed E-state index contributed by atoms with van der Waals surface area (Å²) in [6, 6.07) is 5.83. The summed E-state index contributed by atoms with van der Waals surface area (Å²) in [7, 11) is 1.65. The Balaban J connectivity index is 1.64. The van der Waals surface area contributed by atoms with Gasteiger partial charge >= 0.3 is 0 Å². The monoisotopic (exact) mass is 330 g/mol. The molecule has 122 valence electrons. The lowest BCUT2D eigenvalue weighted by atomic mass is 9.93. The maximum atomic E-state index is 12.2. The fraction of sp³-hybridized carbons (Fsp3) is 0.444. The van der Waals surface area contributed by atoms with Gasteiger partial charge in [0.1, 0.15) is 5.75 Å². The molecule has 1 aliphatic carbocycles. The molecular weight excluding hydrogens is 308 g/mol. The van der Waals surface area contributed by atoms with E-state index in [2.05, 4.69) is 17.2 Å². The number of aromatic nitrogens is 1. The first-order chi connectivity index (χ1) is 11.0. The van der Waals surface area contributed by atoms with Crippen LogP contribution in [-0.2, 0) is 24.1 Å². The standard InChI is InChI=1S/C18H22N2O2S/c1-11-4-6-14-16(8-11)23-18(19-14)20-17(21)10-13-5-7-15(22-3)12(2)9-13/h5,7,9,11H,4,6,8,10H2,1-3H3,(H,19,20,21). The van der Waals surface area contributed by atoms with Crippen LogP contribution in [-0.4, -0.2) is 18.0 Å². The molecule has 2 aromatic rings. The Morgan fingerprint density at radius 1 is 1.48 bits per heavy atom. The van der Waals surface area contributed by atoms with Gasteiger partial charge in [-0.3, -0.25) is 4.79 Å². The van der Waals surface area contributed by atoms with E-state index < -0.39 is 0 Å². The molecule has 4 nitrogen and oxygen atoms in total. The fourth-order valence-electron chi connectivity index (χ4n) is 2.99. The fourth-order valence-corrected chi connectivity index (χ4v) is 4.18. The van der Waals surface area contributed by atoms with Gasteiger partial charge in [0.05, 0.1) is 19.2 Å². The van der Waals surface area contributed by atoms with Gasteiger partial charge in [-0.25, -0.2) is 4.98 Å². The van der Waals surface area contributed by atoms with Crippen LogP contribution in [0.25, 0.3) is 0 Å². The average Bonchev–Trinajstić information content (AvgIpc) is 2.88. The number of rotatable bonds is 4. The zero-order valence-corrected chi connectivity index (χ0v) is 14.6. The molecule has 0 radical (unpaired) electrons. The molecule has 5 heteroatoms. The van der Waals surface area contributed by atoms with E-state index in [1.807, 2.05) is 25.1 Å². The van der Waals surface area contributed by atoms with Crippen molar-refractivity contribution < 1.29 is 9.53 Å². The van der Waals surface area contributed by atoms with Crippen LogP contribution in [0.3, 0.4) is 0 Å². The highest BCUT2D eigenvalue weighted by molar-refractivity contribution is 7.15. The molecule has 23 heavy (non-hydrogen) atoms. The van der Waals surface area contributed by atoms with Gasteiger partial charge in [0.25, 0.3) is 0 Å². The molecule has 1 atom stereocenters. The first kappa shape index (κ1) is 16.0. The van der Waals surface area contributed by atoms with Crippen LogP contribution < -0.4 is 10.1 Å². The summed E-state index contributed by atoms with van der Waals surface area (Å²) >= 11 is 1.62. The number of thiazole rings is 1. The number of hydrogen-bond donors (Lipinski definition) is 1. The third-order valence-electron chi connectivity index (χ3n) is 4.26. The van der Waals surface area contributed by atoms with Gasteiger partial charge in [0.2, 0.25) is 5.91 Å². The van der Waals surface area contributed by atoms with Crippen molar-refractivity contribution in [3.05, 3.63) is 39.9 Å². The number of amides is 1. The van der Waals surface area contributed by atoms with E-state index in [0.29, 0.717) is 12.3 Å². The molecule has 1 N–H and O–H groups in total. The van der Waals surface area contributed by atoms with Crippen molar-refractivity contribution in [3.8, 4) is 5.75 Å². The molecule has 1 aromatic carbocycles. The SMILES string of the molecule is COc1ccc(CC(=O)Nc2nc3c(s2)CC(C)CC3)cc1C. The third kappa shape index (κ3) is 3.72. The summed E-state index contributed by atoms with van der Waals surface area (Å²) in [6.45, 7) is 4.25. The number of methoxy groups -OCH3 is 1. The number of nitrogens with one attached hydrogen (secondary N) is 1. The summed E-state index contributed by atoms with van der Waals surface area (Å²) in [5, 5.41) is 3.68. The Labute approximate surface area is 140 Å². The van der Waals surface area contributed by atoms with E-state index in [9.17, 15) is 4.79 Å². The molecule has 0 saturated heterocycles. The molecule has 0 bridgehead atoms. The maximum absolute atomic E-state index is 12.2. The van der Waals surface area contributed by atoms with Crippen LogP contribution in [0.1, 0.15) is 35.0 Å². The molecule has 0 aliphatic heterocycles. The number of aryl methyl sites for hydroxylation is 2. The number of carbonyl (C=O) groups is 1. The van der Waals surface area contributed by atoms with Crippen LogP contribution in [0.5, 0.6) is 5.75 Å². The van der Waals surface area contributed by atoms with Crippen molar-refractivity contribution in [2.45, 2.75) is 39.5 Å². The summed E-state index contributed by atoms with van der Waals surface area (Å²) in [5.74, 6) is 1.54. The Kier molecular flexibility index (Phi) is 4.66. The van der Waals surface area contributed by atoms with Crippen molar-refractivity contribution in [3.63, 3.8) is 0 Å². The molecule has 1 aliphatic rings. The second-order valence-corrected chi connectivity index (χ2v) is 7.35. The Morgan fingerprint density at radius 3 is 3.04 bits per heavy atom. The summed E-state index contributed by atoms with van der Waals surface area (Å²) in [5.41, 5.74) is 3.19. The van der Waals surface area contributed by atoms with E-state index in [1.54, 1.807) is 18.4 Å². The molecule has 1 heterocycles. The highest BCUT2D eigenvalue weighted by Gasteiger charge is 2.20. The molecule has 1 aromatic heterocycles. The zero-order chi connectivity index (χ0) is 16.4. The Bertz CT molecular complexity index is 724. The van der Waals surface area contributed by atoms with Crippen molar-refractivity contribution in [1.82, 2.24) is 4.98 Å². The minimum Gasteiger partial charge on any atom is -0.496 e. The van der Waals surface area contributed by atoms with Gasteiger partial charge in [-0.1, -0.05) is 19.1 Å². The third-order valence-corrected chi connectivity index (χ3v) is 5.29. The molecule has 3 rings (SSSR count). The van der Waals surface area contributed by atoms with E-state index in [1.165, 1.54) is 17.0 Å². The van der Waals surface area contributed by atoms with Gasteiger partial charge in [0, 0.05) is 4.88 Å². The minimum atomic E-state index is -0.0197. The van der Waals surface area contributed by atoms with Crippen molar-refractivity contribution in [2.24, 2.45) is 5.92 Å². The van der Waals surface area contributed by atoms with Gasteiger partial charge in [0.15, 0.2) is 5.13 Å². The predicted molar refractivity (Wildman–Crippen MR) is 93.4 cm³/mol. The lowest BCUT2D eigenvalue weighted by Gasteiger charge is -2.15. The smallest absolute Gasteiger partial charge is 0.230 e. The molecule has 0 saturated carbocycles. The van der Waals surface area contributed by atoms with E-state index in [0.717, 1.165) is 34.8 Å². The van der Waals surface area contributed by atoms with Gasteiger partial charge < -0.3 is 10.1 Å². The van der Waals surface area contributed by atoms with Crippen LogP contribution in [0.15, 0.2) is 18.2 Å². The van der Waals surface area contributed by atoms with Gasteiger partial charge in [-0.2, -0.15) is 0 Å². The number of nitrogens with zero attached hydrogens (tertiary/aromatic N) is 1. The highest BCUT2D eigenvalue weighted by Crippen LogP contribution is 2.32. The first-order valence-electron chi connectivity index (χ1n) is 7.97. The molecular formula is C18H22N2O2S. The number of ether oxygens (including phenoxy) is 1. The zero-order valence-electron chi connectivity index (χ0n) is 13.8. The normalized spacial score (nSPS) is 16.7. The number of anilines is 1. The van der Waals surface area contributed by atoms with Crippen molar-refractivity contribution in [2.75, 3.05) is 12.4 Å². The number of benzene rings is 1. The number of carbonyl (C=O) groups excluding carboxylic acids is 1. The van der Waals surface area contributed by atoms with Crippen LogP contribution in [0.2, 0.25) is 0 Å². The van der Waals surface area contributed by atoms with Gasteiger partial charge in [-0.15, -0.1) is 11.3 Å². The van der Waals surface area contributed by atoms with Crippen molar-refractivity contribution in [1.29, 1.82) is 0 Å². The van der Waals surface area contributed by atoms with E-state index in [4.69, 9.17) is 4.74 Å². The Hall–Kier alpha value is -1.88. The molecule has 0 spiro atoms. The summed E-state index contributed by atoms with van der Waals surface area (Å²) in [4.78, 5) is 18.2. The van der Waals surface area contributed by atoms with Crippen LogP contribution in [0, 0.1) is 12.8 Å². The quantitative estimate of drug-likeness (QED) is 0.928. The second kappa shape index (κ2) is 6.71. The number of hydrogen-bond acceptors (Lipinski definition) is 4. The largest absolute Gasteiger partial charge is 0.496 e. The average molecular weight is 330 g/mol. The van der Waals surface area contributed by atoms with Gasteiger partial charge in [-0.05, 0) is 49.3 Å². The lowest BCUT2D eigenvalue weighted by Crippen LogP contribution is -2.14. The molecule has 1 amide bonds. The topological polar surface area (TPSA) is 51.2 Å². The van der Waals surface area contributed by atoms with Crippen LogP contribution in [0.4, 0.5) is 5.13 Å². The van der Waals surface area contributed by atoms with E-state index >= 15 is 0 Å². The summed E-state index contributed by atoms with van der Waals surface area (Å²) in [6.07, 6.45) is 3.65. The highest BCUT2D eigenvalue weighted by atomic mass is 32.1. The van der Waals surface area contributed by atoms with Crippen molar-refractivity contribution >= 4 is 22.4 Å². The second-order valence-electron chi connectivity index (χ2n) is 6.27. The Morgan fingerprint density at radius 2 is 2.30 bits per heavy atom. The maximum Gasteiger partial charge on any atom is 0.230 e. The predicted octanol–water partition coefficient (Wildman–Crippen LogP) is 3.77. The molecule has 0 fully saturated rings. The lowest BCUT2D eigenvalue weighted by molar-refractivity contribution is -0.115. The first-order valence-corrected chi connectivity index (χ1v) is 8.78. The number of fused-ring (bicyclic) bond motifs is 1. The molecule has 1 unspecified atom stereocenters.